The fourth-order valence-electron chi connectivity index (χ4n) is 1.08. The van der Waals surface area contributed by atoms with Crippen LogP contribution in [0.2, 0.25) is 0 Å². The lowest BCUT2D eigenvalue weighted by molar-refractivity contribution is 0.202. The first kappa shape index (κ1) is 13.2. The Hall–Kier alpha value is -1.84. The highest BCUT2D eigenvalue weighted by molar-refractivity contribution is 5.93. The molecule has 1 aromatic rings. The van der Waals surface area contributed by atoms with E-state index in [4.69, 9.17) is 5.11 Å². The number of amides is 1. The summed E-state index contributed by atoms with van der Waals surface area (Å²) in [4.78, 5) is 11.2. The zero-order chi connectivity index (χ0) is 13.1. The van der Waals surface area contributed by atoms with E-state index >= 15 is 0 Å². The molecule has 92 valence electrons. The molecule has 1 aromatic carbocycles. The summed E-state index contributed by atoms with van der Waals surface area (Å²) in [6.07, 6.45) is -1.08. The molecule has 0 unspecified atom stereocenters. The number of benzene rings is 1. The Kier molecular flexibility index (Phi) is 3.89. The summed E-state index contributed by atoms with van der Waals surface area (Å²) < 4.78 is 0. The minimum atomic E-state index is -1.08. The average Bonchev–Trinajstić information content (AvgIpc) is 2.25. The maximum atomic E-state index is 11.2. The van der Waals surface area contributed by atoms with Crippen LogP contribution in [0.25, 0.3) is 0 Å². The molecule has 0 fully saturated rings. The van der Waals surface area contributed by atoms with Gasteiger partial charge in [0.05, 0.1) is 5.69 Å². The van der Waals surface area contributed by atoms with Gasteiger partial charge in [-0.1, -0.05) is 39.0 Å². The van der Waals surface area contributed by atoms with Crippen molar-refractivity contribution >= 4 is 17.5 Å². The van der Waals surface area contributed by atoms with Crippen molar-refractivity contribution in [2.45, 2.75) is 27.7 Å². The van der Waals surface area contributed by atoms with Crippen LogP contribution in [0.5, 0.6) is 0 Å². The van der Waals surface area contributed by atoms with Gasteiger partial charge in [-0.15, -0.1) is 0 Å². The van der Waals surface area contributed by atoms with Gasteiger partial charge in [0.1, 0.15) is 0 Å². The molecule has 0 radical (unpaired) electrons. The highest BCUT2D eigenvalue weighted by atomic mass is 16.4. The van der Waals surface area contributed by atoms with Gasteiger partial charge < -0.3 is 5.11 Å². The lowest BCUT2D eigenvalue weighted by Gasteiger charge is -2.21. The number of hydrazone groups is 1. The highest BCUT2D eigenvalue weighted by Gasteiger charge is 2.19. The van der Waals surface area contributed by atoms with Gasteiger partial charge in [0, 0.05) is 11.1 Å². The van der Waals surface area contributed by atoms with Crippen molar-refractivity contribution < 1.29 is 9.90 Å². The molecule has 1 N–H and O–H groups in total. The van der Waals surface area contributed by atoms with E-state index in [1.165, 1.54) is 0 Å². The van der Waals surface area contributed by atoms with Gasteiger partial charge in [0.2, 0.25) is 0 Å². The molecule has 17 heavy (non-hydrogen) atoms. The molecule has 1 rings (SSSR count). The normalized spacial score (nSPS) is 12.4. The number of hydrogen-bond donors (Lipinski definition) is 1. The number of carboxylic acid groups (broad SMARTS) is 1. The van der Waals surface area contributed by atoms with E-state index < -0.39 is 6.09 Å². The maximum Gasteiger partial charge on any atom is 0.432 e. The van der Waals surface area contributed by atoms with Crippen LogP contribution in [0.15, 0.2) is 35.4 Å². The number of nitrogens with zero attached hydrogens (tertiary/aromatic N) is 2. The van der Waals surface area contributed by atoms with Crippen LogP contribution in [-0.2, 0) is 0 Å². The second-order valence-electron chi connectivity index (χ2n) is 4.87. The van der Waals surface area contributed by atoms with Crippen molar-refractivity contribution in [3.63, 3.8) is 0 Å². The Morgan fingerprint density at radius 3 is 2.18 bits per heavy atom. The summed E-state index contributed by atoms with van der Waals surface area (Å²) in [5.74, 6) is 0. The van der Waals surface area contributed by atoms with E-state index in [9.17, 15) is 4.79 Å². The van der Waals surface area contributed by atoms with E-state index in [0.717, 1.165) is 10.7 Å². The lowest BCUT2D eigenvalue weighted by atomic mass is 9.91. The monoisotopic (exact) mass is 234 g/mol. The quantitative estimate of drug-likeness (QED) is 0.628. The first-order chi connectivity index (χ1) is 7.82. The summed E-state index contributed by atoms with van der Waals surface area (Å²) in [6.45, 7) is 7.82. The Morgan fingerprint density at radius 2 is 1.76 bits per heavy atom. The van der Waals surface area contributed by atoms with Crippen LogP contribution >= 0.6 is 0 Å². The van der Waals surface area contributed by atoms with Gasteiger partial charge in [0.15, 0.2) is 0 Å². The van der Waals surface area contributed by atoms with Crippen molar-refractivity contribution in [1.29, 1.82) is 0 Å². The highest BCUT2D eigenvalue weighted by Crippen LogP contribution is 2.19. The predicted molar refractivity (Wildman–Crippen MR) is 69.5 cm³/mol. The SMILES string of the molecule is CC(=NN(C(=O)O)c1ccccc1)C(C)(C)C. The van der Waals surface area contributed by atoms with Crippen LogP contribution in [0, 0.1) is 5.41 Å². The van der Waals surface area contributed by atoms with Gasteiger partial charge in [-0.05, 0) is 19.1 Å². The van der Waals surface area contributed by atoms with Gasteiger partial charge in [-0.25, -0.2) is 4.79 Å². The molecule has 0 aromatic heterocycles. The third-order valence-corrected chi connectivity index (χ3v) is 2.52. The Balaban J connectivity index is 3.09. The van der Waals surface area contributed by atoms with Crippen LogP contribution < -0.4 is 5.01 Å². The zero-order valence-corrected chi connectivity index (χ0v) is 10.6. The number of anilines is 1. The van der Waals surface area contributed by atoms with Crippen LogP contribution in [0.4, 0.5) is 10.5 Å². The van der Waals surface area contributed by atoms with E-state index in [-0.39, 0.29) is 5.41 Å². The van der Waals surface area contributed by atoms with Gasteiger partial charge in [0.25, 0.3) is 0 Å². The molecular formula is C13H18N2O2. The molecule has 0 aliphatic carbocycles. The van der Waals surface area contributed by atoms with E-state index in [1.807, 2.05) is 33.8 Å². The number of carbonyl (C=O) groups is 1. The largest absolute Gasteiger partial charge is 0.463 e. The molecule has 0 saturated heterocycles. The lowest BCUT2D eigenvalue weighted by Crippen LogP contribution is -2.28. The second-order valence-corrected chi connectivity index (χ2v) is 4.87. The standard InChI is InChI=1S/C13H18N2O2/c1-10(13(2,3)4)14-15(12(16)17)11-8-6-5-7-9-11/h5-9H,1-4H3,(H,16,17). The van der Waals surface area contributed by atoms with Crippen molar-refractivity contribution in [2.24, 2.45) is 10.5 Å². The summed E-state index contributed by atoms with van der Waals surface area (Å²) >= 11 is 0. The summed E-state index contributed by atoms with van der Waals surface area (Å²) in [5, 5.41) is 14.3. The molecule has 1 amide bonds. The third kappa shape index (κ3) is 3.59. The topological polar surface area (TPSA) is 52.9 Å². The minimum Gasteiger partial charge on any atom is -0.463 e. The summed E-state index contributed by atoms with van der Waals surface area (Å²) in [5.41, 5.74) is 1.16. The van der Waals surface area contributed by atoms with Gasteiger partial charge in [-0.3, -0.25) is 0 Å². The van der Waals surface area contributed by atoms with Crippen molar-refractivity contribution in [3.05, 3.63) is 30.3 Å². The molecule has 0 aliphatic rings. The second kappa shape index (κ2) is 4.99. The van der Waals surface area contributed by atoms with E-state index in [2.05, 4.69) is 5.10 Å². The molecule has 4 heteroatoms. The third-order valence-electron chi connectivity index (χ3n) is 2.52. The zero-order valence-electron chi connectivity index (χ0n) is 10.6. The maximum absolute atomic E-state index is 11.2. The molecule has 0 heterocycles. The fraction of sp³-hybridized carbons (Fsp3) is 0.385. The van der Waals surface area contributed by atoms with Gasteiger partial charge >= 0.3 is 6.09 Å². The first-order valence-corrected chi connectivity index (χ1v) is 5.46. The minimum absolute atomic E-state index is 0.150. The van der Waals surface area contributed by atoms with Crippen LogP contribution in [0.1, 0.15) is 27.7 Å². The fourth-order valence-corrected chi connectivity index (χ4v) is 1.08. The molecule has 0 bridgehead atoms. The van der Waals surface area contributed by atoms with Crippen LogP contribution in [0.3, 0.4) is 0 Å². The molecule has 0 aliphatic heterocycles. The molecule has 4 nitrogen and oxygen atoms in total. The van der Waals surface area contributed by atoms with Gasteiger partial charge in [-0.2, -0.15) is 10.1 Å². The van der Waals surface area contributed by atoms with Crippen molar-refractivity contribution in [2.75, 3.05) is 5.01 Å². The smallest absolute Gasteiger partial charge is 0.432 e. The first-order valence-electron chi connectivity index (χ1n) is 5.46. The Bertz CT molecular complexity index is 419. The molecule has 0 spiro atoms. The molecule has 0 saturated carbocycles. The van der Waals surface area contributed by atoms with E-state index in [0.29, 0.717) is 5.69 Å². The average molecular weight is 234 g/mol. The predicted octanol–water partition coefficient (Wildman–Crippen LogP) is 3.59. The van der Waals surface area contributed by atoms with Crippen molar-refractivity contribution in [1.82, 2.24) is 0 Å². The Labute approximate surface area is 102 Å². The Morgan fingerprint density at radius 1 is 1.24 bits per heavy atom. The van der Waals surface area contributed by atoms with Crippen LogP contribution in [-0.4, -0.2) is 16.9 Å². The molecule has 0 atom stereocenters. The molecular weight excluding hydrogens is 216 g/mol. The number of rotatable bonds is 2. The number of para-hydroxylation sites is 1. The summed E-state index contributed by atoms with van der Waals surface area (Å²) in [6, 6.07) is 8.84. The number of hydrogen-bond acceptors (Lipinski definition) is 2. The van der Waals surface area contributed by atoms with Crippen molar-refractivity contribution in [3.8, 4) is 0 Å². The van der Waals surface area contributed by atoms with E-state index in [1.54, 1.807) is 24.3 Å². The summed E-state index contributed by atoms with van der Waals surface area (Å²) in [7, 11) is 0.